The van der Waals surface area contributed by atoms with Gasteiger partial charge >= 0.3 is 11.9 Å². The number of carbonyl (C=O) groups excluding carboxylic acids is 2. The van der Waals surface area contributed by atoms with Crippen molar-refractivity contribution >= 4 is 17.8 Å². The summed E-state index contributed by atoms with van der Waals surface area (Å²) in [5.74, 6) is -2.18. The topological polar surface area (TPSA) is 119 Å². The minimum atomic E-state index is -1.29. The Kier molecular flexibility index (Phi) is 5.20. The third kappa shape index (κ3) is 3.54. The number of nitrogens with two attached hydrogens (primary N) is 1. The first kappa shape index (κ1) is 17.5. The fraction of sp³-hybridized carbons (Fsp3) is 0.312. The van der Waals surface area contributed by atoms with Crippen LogP contribution in [0.25, 0.3) is 0 Å². The summed E-state index contributed by atoms with van der Waals surface area (Å²) in [6.07, 6.45) is -1.16. The van der Waals surface area contributed by atoms with E-state index in [0.717, 1.165) is 4.90 Å². The van der Waals surface area contributed by atoms with Gasteiger partial charge in [-0.3, -0.25) is 9.69 Å². The molecular weight excluding hydrogens is 316 g/mol. The van der Waals surface area contributed by atoms with E-state index < -0.39 is 30.1 Å². The Morgan fingerprint density at radius 2 is 1.88 bits per heavy atom. The number of rotatable bonds is 6. The lowest BCUT2D eigenvalue weighted by Crippen LogP contribution is -2.70. The first-order valence-electron chi connectivity index (χ1n) is 7.19. The molecule has 24 heavy (non-hydrogen) atoms. The van der Waals surface area contributed by atoms with E-state index in [0.29, 0.717) is 11.3 Å². The van der Waals surface area contributed by atoms with Gasteiger partial charge in [0.15, 0.2) is 6.61 Å². The summed E-state index contributed by atoms with van der Waals surface area (Å²) in [6.45, 7) is 2.70. The van der Waals surface area contributed by atoms with Gasteiger partial charge in [0.25, 0.3) is 5.91 Å². The molecule has 2 atom stereocenters. The Morgan fingerprint density at radius 3 is 2.42 bits per heavy atom. The maximum absolute atomic E-state index is 11.9. The summed E-state index contributed by atoms with van der Waals surface area (Å²) in [4.78, 5) is 35.9. The number of para-hydroxylation sites is 1. The van der Waals surface area contributed by atoms with Crippen LogP contribution in [-0.2, 0) is 19.1 Å². The van der Waals surface area contributed by atoms with Crippen LogP contribution in [-0.4, -0.2) is 46.7 Å². The number of hydrogen-bond donors (Lipinski definition) is 2. The van der Waals surface area contributed by atoms with E-state index in [1.54, 1.807) is 30.3 Å². The van der Waals surface area contributed by atoms with Crippen molar-refractivity contribution in [2.75, 3.05) is 6.61 Å². The lowest BCUT2D eigenvalue weighted by atomic mass is 10.0. The number of carbonyl (C=O) groups is 3. The number of ether oxygens (including phenoxy) is 2. The lowest BCUT2D eigenvalue weighted by Gasteiger charge is -2.44. The predicted molar refractivity (Wildman–Crippen MR) is 82.6 cm³/mol. The minimum absolute atomic E-state index is 0.247. The van der Waals surface area contributed by atoms with Crippen molar-refractivity contribution in [2.45, 2.75) is 26.1 Å². The molecule has 1 fully saturated rings. The van der Waals surface area contributed by atoms with Gasteiger partial charge in [0.05, 0.1) is 0 Å². The van der Waals surface area contributed by atoms with E-state index in [1.807, 2.05) is 0 Å². The summed E-state index contributed by atoms with van der Waals surface area (Å²) in [7, 11) is 0. The fourth-order valence-corrected chi connectivity index (χ4v) is 2.24. The van der Waals surface area contributed by atoms with Gasteiger partial charge in [0.2, 0.25) is 6.23 Å². The molecule has 1 aliphatic rings. The Balaban J connectivity index is 2.02. The molecule has 0 bridgehead atoms. The maximum atomic E-state index is 11.9. The van der Waals surface area contributed by atoms with Crippen LogP contribution in [0.4, 0.5) is 0 Å². The standard InChI is InChI=1S/C16H18N2O6/c1-9(2)13(16(21)22)18-14(20)12(17)15(18)24-11(19)8-23-10-6-4-3-5-7-10/h3-7,12,15H,8,17H2,1-2H3,(H,21,22)/t12-,15-/m1/s1. The molecule has 0 aromatic heterocycles. The second-order valence-corrected chi connectivity index (χ2v) is 5.37. The molecule has 8 heteroatoms. The first-order chi connectivity index (χ1) is 11.3. The molecule has 1 aromatic carbocycles. The third-order valence-electron chi connectivity index (χ3n) is 3.35. The van der Waals surface area contributed by atoms with Gasteiger partial charge in [-0.1, -0.05) is 18.2 Å². The molecule has 128 valence electrons. The van der Waals surface area contributed by atoms with E-state index >= 15 is 0 Å². The Hall–Kier alpha value is -2.87. The van der Waals surface area contributed by atoms with E-state index in [-0.39, 0.29) is 12.3 Å². The summed E-state index contributed by atoms with van der Waals surface area (Å²) in [5.41, 5.74) is 5.77. The zero-order chi connectivity index (χ0) is 17.9. The lowest BCUT2D eigenvalue weighted by molar-refractivity contribution is -0.187. The zero-order valence-electron chi connectivity index (χ0n) is 13.3. The van der Waals surface area contributed by atoms with E-state index in [1.165, 1.54) is 13.8 Å². The molecule has 3 N–H and O–H groups in total. The highest BCUT2D eigenvalue weighted by Gasteiger charge is 2.51. The molecule has 1 amide bonds. The van der Waals surface area contributed by atoms with Crippen molar-refractivity contribution in [2.24, 2.45) is 5.73 Å². The number of likely N-dealkylation sites (tertiary alicyclic amines) is 1. The second-order valence-electron chi connectivity index (χ2n) is 5.37. The van der Waals surface area contributed by atoms with Gasteiger partial charge in [-0.05, 0) is 31.6 Å². The van der Waals surface area contributed by atoms with Gasteiger partial charge in [0, 0.05) is 0 Å². The molecule has 0 unspecified atom stereocenters. The number of β-lactam (4-membered cyclic amide) rings is 1. The Bertz CT molecular complexity index is 681. The highest BCUT2D eigenvalue weighted by Crippen LogP contribution is 2.27. The van der Waals surface area contributed by atoms with Gasteiger partial charge in [-0.25, -0.2) is 9.59 Å². The normalized spacial score (nSPS) is 19.3. The molecule has 1 aromatic rings. The fourth-order valence-electron chi connectivity index (χ4n) is 2.24. The van der Waals surface area contributed by atoms with Gasteiger partial charge in [0.1, 0.15) is 17.5 Å². The average Bonchev–Trinajstić information content (AvgIpc) is 2.55. The number of esters is 1. The van der Waals surface area contributed by atoms with Crippen molar-refractivity contribution < 1.29 is 29.0 Å². The zero-order valence-corrected chi connectivity index (χ0v) is 13.3. The van der Waals surface area contributed by atoms with Crippen molar-refractivity contribution in [3.8, 4) is 5.75 Å². The molecule has 0 saturated carbocycles. The van der Waals surface area contributed by atoms with Gasteiger partial charge in [-0.15, -0.1) is 0 Å². The largest absolute Gasteiger partial charge is 0.482 e. The van der Waals surface area contributed by atoms with Crippen LogP contribution in [0.5, 0.6) is 5.75 Å². The van der Waals surface area contributed by atoms with Crippen LogP contribution < -0.4 is 10.5 Å². The Morgan fingerprint density at radius 1 is 1.25 bits per heavy atom. The molecular formula is C16H18N2O6. The number of carboxylic acids is 1. The highest BCUT2D eigenvalue weighted by atomic mass is 16.6. The quantitative estimate of drug-likeness (QED) is 0.441. The molecule has 1 aliphatic heterocycles. The van der Waals surface area contributed by atoms with Crippen LogP contribution in [0.15, 0.2) is 41.6 Å². The van der Waals surface area contributed by atoms with Crippen LogP contribution in [0, 0.1) is 0 Å². The number of hydrogen-bond acceptors (Lipinski definition) is 6. The number of aliphatic carboxylic acids is 1. The Labute approximate surface area is 138 Å². The smallest absolute Gasteiger partial charge is 0.352 e. The monoisotopic (exact) mass is 334 g/mol. The molecule has 0 radical (unpaired) electrons. The number of carboxylic acid groups (broad SMARTS) is 1. The number of amides is 1. The number of nitrogens with zero attached hydrogens (tertiary/aromatic N) is 1. The SMILES string of the molecule is CC(C)=C(C(=O)O)N1C(=O)[C@@H](N)[C@H]1OC(=O)COc1ccccc1. The highest BCUT2D eigenvalue weighted by molar-refractivity contribution is 5.99. The van der Waals surface area contributed by atoms with Crippen molar-refractivity contribution in [3.63, 3.8) is 0 Å². The van der Waals surface area contributed by atoms with E-state index in [2.05, 4.69) is 0 Å². The minimum Gasteiger partial charge on any atom is -0.482 e. The van der Waals surface area contributed by atoms with Gasteiger partial charge in [-0.2, -0.15) is 0 Å². The first-order valence-corrected chi connectivity index (χ1v) is 7.19. The predicted octanol–water partition coefficient (Wildman–Crippen LogP) is 0.483. The van der Waals surface area contributed by atoms with Crippen LogP contribution >= 0.6 is 0 Å². The summed E-state index contributed by atoms with van der Waals surface area (Å²) in [6, 6.07) is 7.54. The maximum Gasteiger partial charge on any atom is 0.352 e. The number of benzene rings is 1. The van der Waals surface area contributed by atoms with Crippen molar-refractivity contribution in [3.05, 3.63) is 41.6 Å². The molecule has 0 aliphatic carbocycles. The second kappa shape index (κ2) is 7.14. The molecule has 1 saturated heterocycles. The third-order valence-corrected chi connectivity index (χ3v) is 3.35. The van der Waals surface area contributed by atoms with E-state index in [4.69, 9.17) is 15.2 Å². The van der Waals surface area contributed by atoms with E-state index in [9.17, 15) is 19.5 Å². The average molecular weight is 334 g/mol. The van der Waals surface area contributed by atoms with Gasteiger partial charge < -0.3 is 20.3 Å². The number of allylic oxidation sites excluding steroid dienone is 1. The van der Waals surface area contributed by atoms with Crippen LogP contribution in [0.2, 0.25) is 0 Å². The van der Waals surface area contributed by atoms with Crippen molar-refractivity contribution in [1.29, 1.82) is 0 Å². The van der Waals surface area contributed by atoms with Crippen LogP contribution in [0.3, 0.4) is 0 Å². The molecule has 1 heterocycles. The van der Waals surface area contributed by atoms with Crippen LogP contribution in [0.1, 0.15) is 13.8 Å². The summed E-state index contributed by atoms with van der Waals surface area (Å²) >= 11 is 0. The molecule has 8 nitrogen and oxygen atoms in total. The summed E-state index contributed by atoms with van der Waals surface area (Å²) in [5, 5.41) is 9.23. The molecule has 2 rings (SSSR count). The molecule has 0 spiro atoms. The van der Waals surface area contributed by atoms with Crippen molar-refractivity contribution in [1.82, 2.24) is 4.90 Å². The summed E-state index contributed by atoms with van der Waals surface area (Å²) < 4.78 is 10.3.